The summed E-state index contributed by atoms with van der Waals surface area (Å²) < 4.78 is 5.90. The lowest BCUT2D eigenvalue weighted by molar-refractivity contribution is 0.0950. The maximum absolute atomic E-state index is 13.0. The van der Waals surface area contributed by atoms with Crippen molar-refractivity contribution in [1.82, 2.24) is 5.32 Å². The number of piperazine rings is 1. The Hall–Kier alpha value is -2.33. The minimum atomic E-state index is -0.215. The van der Waals surface area contributed by atoms with Crippen molar-refractivity contribution in [2.75, 3.05) is 31.1 Å². The summed E-state index contributed by atoms with van der Waals surface area (Å²) in [6, 6.07) is 17.3. The second-order valence-corrected chi connectivity index (χ2v) is 5.96. The molecule has 0 bridgehead atoms. The predicted molar refractivity (Wildman–Crippen MR) is 97.0 cm³/mol. The third kappa shape index (κ3) is 3.60. The van der Waals surface area contributed by atoms with E-state index in [2.05, 4.69) is 17.1 Å². The van der Waals surface area contributed by atoms with Crippen LogP contribution >= 0.6 is 0 Å². The molecule has 0 spiro atoms. The Morgan fingerprint density at radius 2 is 1.92 bits per heavy atom. The fourth-order valence-electron chi connectivity index (χ4n) is 3.05. The van der Waals surface area contributed by atoms with Gasteiger partial charge in [-0.05, 0) is 18.6 Å². The van der Waals surface area contributed by atoms with Crippen molar-refractivity contribution in [3.63, 3.8) is 0 Å². The molecule has 1 heterocycles. The first-order chi connectivity index (χ1) is 11.8. The number of nitrogens with zero attached hydrogens (tertiary/aromatic N) is 1. The first-order valence-corrected chi connectivity index (χ1v) is 8.59. The molecule has 0 saturated carbocycles. The highest BCUT2D eigenvalue weighted by Gasteiger charge is 2.30. The Morgan fingerprint density at radius 3 is 2.71 bits per heavy atom. The van der Waals surface area contributed by atoms with Crippen LogP contribution in [-0.4, -0.2) is 38.1 Å². The van der Waals surface area contributed by atoms with Gasteiger partial charge in [-0.1, -0.05) is 49.4 Å². The van der Waals surface area contributed by atoms with Gasteiger partial charge in [0.2, 0.25) is 0 Å². The van der Waals surface area contributed by atoms with Gasteiger partial charge in [-0.3, -0.25) is 4.79 Å². The first kappa shape index (κ1) is 16.5. The van der Waals surface area contributed by atoms with Gasteiger partial charge in [0.05, 0.1) is 12.3 Å². The molecule has 0 aliphatic carbocycles. The molecule has 1 aliphatic rings. The number of rotatable bonds is 6. The van der Waals surface area contributed by atoms with Crippen LogP contribution in [0, 0.1) is 0 Å². The van der Waals surface area contributed by atoms with E-state index in [0.717, 1.165) is 36.5 Å². The summed E-state index contributed by atoms with van der Waals surface area (Å²) in [7, 11) is 0. The average molecular weight is 324 g/mol. The second kappa shape index (κ2) is 7.97. The van der Waals surface area contributed by atoms with E-state index in [9.17, 15) is 4.79 Å². The third-order valence-electron chi connectivity index (χ3n) is 4.24. The van der Waals surface area contributed by atoms with Gasteiger partial charge < -0.3 is 15.0 Å². The van der Waals surface area contributed by atoms with Crippen molar-refractivity contribution in [3.8, 4) is 5.75 Å². The smallest absolute Gasteiger partial charge is 0.186 e. The number of Topliss-reactive ketones (excluding diaryl/α,β-unsaturated/α-hetero) is 1. The minimum absolute atomic E-state index is 0.146. The lowest BCUT2D eigenvalue weighted by Gasteiger charge is -2.37. The number of hydrogen-bond acceptors (Lipinski definition) is 4. The van der Waals surface area contributed by atoms with Crippen LogP contribution in [0.25, 0.3) is 0 Å². The summed E-state index contributed by atoms with van der Waals surface area (Å²) in [6.07, 6.45) is 0.961. The maximum atomic E-state index is 13.0. The highest BCUT2D eigenvalue weighted by atomic mass is 16.5. The normalized spacial score (nSPS) is 17.5. The number of ether oxygens (including phenoxy) is 1. The summed E-state index contributed by atoms with van der Waals surface area (Å²) in [5.74, 6) is 1.00. The van der Waals surface area contributed by atoms with Gasteiger partial charge >= 0.3 is 0 Å². The number of nitrogens with one attached hydrogen (secondary N) is 1. The van der Waals surface area contributed by atoms with E-state index < -0.39 is 0 Å². The molecule has 1 fully saturated rings. The zero-order valence-corrected chi connectivity index (χ0v) is 14.1. The summed E-state index contributed by atoms with van der Waals surface area (Å²) in [4.78, 5) is 15.2. The van der Waals surface area contributed by atoms with Crippen molar-refractivity contribution in [1.29, 1.82) is 0 Å². The molecule has 24 heavy (non-hydrogen) atoms. The molecule has 1 unspecified atom stereocenters. The van der Waals surface area contributed by atoms with Crippen molar-refractivity contribution in [2.24, 2.45) is 0 Å². The topological polar surface area (TPSA) is 41.6 Å². The number of carbonyl (C=O) groups excluding carboxylic acids is 1. The van der Waals surface area contributed by atoms with E-state index in [1.54, 1.807) is 0 Å². The van der Waals surface area contributed by atoms with Crippen molar-refractivity contribution >= 4 is 11.5 Å². The first-order valence-electron chi connectivity index (χ1n) is 8.59. The molecule has 1 atom stereocenters. The van der Waals surface area contributed by atoms with Crippen LogP contribution < -0.4 is 15.0 Å². The number of hydrogen-bond donors (Lipinski definition) is 1. The van der Waals surface area contributed by atoms with Crippen LogP contribution in [0.2, 0.25) is 0 Å². The van der Waals surface area contributed by atoms with Crippen LogP contribution in [0.5, 0.6) is 5.75 Å². The average Bonchev–Trinajstić information content (AvgIpc) is 2.67. The number of para-hydroxylation sites is 2. The fourth-order valence-corrected chi connectivity index (χ4v) is 3.05. The Kier molecular flexibility index (Phi) is 5.49. The second-order valence-electron chi connectivity index (χ2n) is 5.96. The van der Waals surface area contributed by atoms with Gasteiger partial charge in [0.25, 0.3) is 0 Å². The molecule has 126 valence electrons. The van der Waals surface area contributed by atoms with Crippen LogP contribution in [0.3, 0.4) is 0 Å². The molecule has 2 aromatic rings. The molecule has 4 heteroatoms. The van der Waals surface area contributed by atoms with E-state index in [-0.39, 0.29) is 11.8 Å². The monoisotopic (exact) mass is 324 g/mol. The Morgan fingerprint density at radius 1 is 1.17 bits per heavy atom. The maximum Gasteiger partial charge on any atom is 0.186 e. The van der Waals surface area contributed by atoms with Gasteiger partial charge in [0, 0.05) is 25.2 Å². The minimum Gasteiger partial charge on any atom is -0.491 e. The van der Waals surface area contributed by atoms with Gasteiger partial charge in [-0.2, -0.15) is 0 Å². The van der Waals surface area contributed by atoms with E-state index in [0.29, 0.717) is 13.2 Å². The number of ketones is 1. The molecular formula is C20H24N2O2. The highest BCUT2D eigenvalue weighted by Crippen LogP contribution is 2.31. The molecular weight excluding hydrogens is 300 g/mol. The van der Waals surface area contributed by atoms with Gasteiger partial charge in [0.15, 0.2) is 5.78 Å². The predicted octanol–water partition coefficient (Wildman–Crippen LogP) is 3.14. The lowest BCUT2D eigenvalue weighted by atomic mass is 10.0. The molecule has 3 rings (SSSR count). The summed E-state index contributed by atoms with van der Waals surface area (Å²) in [5.41, 5.74) is 1.75. The number of carbonyl (C=O) groups is 1. The van der Waals surface area contributed by atoms with Crippen LogP contribution in [0.1, 0.15) is 23.7 Å². The van der Waals surface area contributed by atoms with Crippen molar-refractivity contribution in [2.45, 2.75) is 19.4 Å². The summed E-state index contributed by atoms with van der Waals surface area (Å²) in [5, 5.41) is 3.34. The third-order valence-corrected chi connectivity index (χ3v) is 4.24. The molecule has 1 N–H and O–H groups in total. The standard InChI is InChI=1S/C20H24N2O2/c1-2-14-24-19-11-7-6-10-17(19)22-13-12-21-15-18(22)20(23)16-8-4-3-5-9-16/h3-11,18,21H,2,12-15H2,1H3. The highest BCUT2D eigenvalue weighted by molar-refractivity contribution is 6.02. The molecule has 2 aromatic carbocycles. The zero-order chi connectivity index (χ0) is 16.8. The fraction of sp³-hybridized carbons (Fsp3) is 0.350. The molecule has 4 nitrogen and oxygen atoms in total. The zero-order valence-electron chi connectivity index (χ0n) is 14.1. The van der Waals surface area contributed by atoms with E-state index in [4.69, 9.17) is 4.74 Å². The number of benzene rings is 2. The van der Waals surface area contributed by atoms with E-state index in [1.165, 1.54) is 0 Å². The van der Waals surface area contributed by atoms with Gasteiger partial charge in [-0.15, -0.1) is 0 Å². The molecule has 1 saturated heterocycles. The van der Waals surface area contributed by atoms with Crippen molar-refractivity contribution in [3.05, 3.63) is 60.2 Å². The molecule has 0 amide bonds. The van der Waals surface area contributed by atoms with Crippen LogP contribution in [0.4, 0.5) is 5.69 Å². The Balaban J connectivity index is 1.89. The number of anilines is 1. The Bertz CT molecular complexity index is 672. The lowest BCUT2D eigenvalue weighted by Crippen LogP contribution is -2.55. The van der Waals surface area contributed by atoms with Crippen LogP contribution in [-0.2, 0) is 0 Å². The molecule has 0 aromatic heterocycles. The largest absolute Gasteiger partial charge is 0.491 e. The summed E-state index contributed by atoms with van der Waals surface area (Å²) >= 11 is 0. The van der Waals surface area contributed by atoms with Crippen molar-refractivity contribution < 1.29 is 9.53 Å². The summed E-state index contributed by atoms with van der Waals surface area (Å²) in [6.45, 7) is 5.07. The van der Waals surface area contributed by atoms with E-state index >= 15 is 0 Å². The Labute approximate surface area is 143 Å². The van der Waals surface area contributed by atoms with E-state index in [1.807, 2.05) is 54.6 Å². The molecule has 0 radical (unpaired) electrons. The SMILES string of the molecule is CCCOc1ccccc1N1CCNCC1C(=O)c1ccccc1. The van der Waals surface area contributed by atoms with Gasteiger partial charge in [-0.25, -0.2) is 0 Å². The van der Waals surface area contributed by atoms with Crippen LogP contribution in [0.15, 0.2) is 54.6 Å². The van der Waals surface area contributed by atoms with Gasteiger partial charge in [0.1, 0.15) is 11.8 Å². The quantitative estimate of drug-likeness (QED) is 0.829. The molecule has 1 aliphatic heterocycles.